The van der Waals surface area contributed by atoms with Crippen molar-refractivity contribution in [1.29, 1.82) is 0 Å². The Bertz CT molecular complexity index is 985. The predicted octanol–water partition coefficient (Wildman–Crippen LogP) is 0.374. The summed E-state index contributed by atoms with van der Waals surface area (Å²) in [5, 5.41) is 15.2. The van der Waals surface area contributed by atoms with Gasteiger partial charge >= 0.3 is 5.97 Å². The van der Waals surface area contributed by atoms with Gasteiger partial charge in [-0.05, 0) is 12.1 Å². The zero-order valence-corrected chi connectivity index (χ0v) is 14.3. The van der Waals surface area contributed by atoms with E-state index < -0.39 is 12.0 Å². The summed E-state index contributed by atoms with van der Waals surface area (Å²) < 4.78 is 0. The van der Waals surface area contributed by atoms with Gasteiger partial charge in [-0.3, -0.25) is 14.6 Å². The number of carbonyl (C=O) groups excluding carboxylic acids is 1. The Morgan fingerprint density at radius 1 is 1.22 bits per heavy atom. The lowest BCUT2D eigenvalue weighted by molar-refractivity contribution is -0.138. The number of carboxylic acids is 1. The monoisotopic (exact) mass is 367 g/mol. The Balaban J connectivity index is 1.60. The Labute approximate surface area is 153 Å². The van der Waals surface area contributed by atoms with Crippen LogP contribution in [0, 0.1) is 0 Å². The summed E-state index contributed by atoms with van der Waals surface area (Å²) in [5.74, 6) is -1.40. The molecule has 1 atom stereocenters. The second kappa shape index (κ2) is 6.67. The highest BCUT2D eigenvalue weighted by Gasteiger charge is 2.38. The molecule has 0 bridgehead atoms. The highest BCUT2D eigenvalue weighted by molar-refractivity contribution is 6.40. The molecule has 1 amide bonds. The van der Waals surface area contributed by atoms with E-state index >= 15 is 0 Å². The number of nitrogens with one attached hydrogen (secondary N) is 1. The minimum absolute atomic E-state index is 0.00974. The molecule has 9 nitrogen and oxygen atoms in total. The topological polar surface area (TPSA) is 119 Å². The second-order valence-corrected chi connectivity index (χ2v) is 6.42. The van der Waals surface area contributed by atoms with E-state index in [2.05, 4.69) is 15.1 Å². The molecule has 2 aliphatic heterocycles. The zero-order chi connectivity index (χ0) is 19.0. The maximum atomic E-state index is 12.9. The molecule has 2 N–H and O–H groups in total. The molecular formula is C18H17N5O4. The number of hydrogen-bond donors (Lipinski definition) is 2. The highest BCUT2D eigenvalue weighted by Crippen LogP contribution is 2.26. The van der Waals surface area contributed by atoms with E-state index in [4.69, 9.17) is 0 Å². The van der Waals surface area contributed by atoms with Gasteiger partial charge in [-0.1, -0.05) is 18.2 Å². The molecule has 0 radical (unpaired) electrons. The maximum absolute atomic E-state index is 12.9. The third-order valence-electron chi connectivity index (χ3n) is 4.76. The van der Waals surface area contributed by atoms with Gasteiger partial charge in [-0.15, -0.1) is 0 Å². The highest BCUT2D eigenvalue weighted by atomic mass is 16.4. The average Bonchev–Trinajstić information content (AvgIpc) is 3.14. The number of rotatable bonds is 3. The van der Waals surface area contributed by atoms with Crippen LogP contribution in [-0.4, -0.2) is 50.1 Å². The number of para-hydroxylation sites is 1. The van der Waals surface area contributed by atoms with Gasteiger partial charge in [0.15, 0.2) is 6.04 Å². The number of carbonyl (C=O) groups is 2. The van der Waals surface area contributed by atoms with Crippen molar-refractivity contribution in [2.75, 3.05) is 11.6 Å². The predicted molar refractivity (Wildman–Crippen MR) is 96.4 cm³/mol. The zero-order valence-electron chi connectivity index (χ0n) is 14.3. The molecule has 1 aromatic carbocycles. The van der Waals surface area contributed by atoms with Gasteiger partial charge in [-0.2, -0.15) is 5.10 Å². The number of nitrogens with zero attached hydrogens (tertiary/aromatic N) is 4. The lowest BCUT2D eigenvalue weighted by atomic mass is 10.0. The van der Waals surface area contributed by atoms with Gasteiger partial charge in [-0.25, -0.2) is 9.78 Å². The van der Waals surface area contributed by atoms with Crippen molar-refractivity contribution in [2.45, 2.75) is 25.4 Å². The number of aliphatic carboxylic acids is 1. The largest absolute Gasteiger partial charge is 0.480 e. The molecule has 2 aliphatic rings. The number of anilines is 1. The first-order chi connectivity index (χ1) is 13.0. The maximum Gasteiger partial charge on any atom is 0.328 e. The minimum atomic E-state index is -1.05. The Kier molecular flexibility index (Phi) is 4.19. The lowest BCUT2D eigenvalue weighted by Gasteiger charge is -2.27. The van der Waals surface area contributed by atoms with Gasteiger partial charge in [0.2, 0.25) is 0 Å². The van der Waals surface area contributed by atoms with Crippen molar-refractivity contribution >= 4 is 23.3 Å². The molecule has 0 saturated heterocycles. The number of hydrazone groups is 1. The molecule has 2 aromatic rings. The summed E-state index contributed by atoms with van der Waals surface area (Å²) in [7, 11) is 0. The smallest absolute Gasteiger partial charge is 0.328 e. The summed E-state index contributed by atoms with van der Waals surface area (Å²) in [6, 6.07) is 7.94. The molecule has 138 valence electrons. The molecule has 0 saturated carbocycles. The molecule has 27 heavy (non-hydrogen) atoms. The number of amides is 1. The van der Waals surface area contributed by atoms with Crippen LogP contribution in [0.3, 0.4) is 0 Å². The van der Waals surface area contributed by atoms with Crippen molar-refractivity contribution in [3.63, 3.8) is 0 Å². The van der Waals surface area contributed by atoms with Gasteiger partial charge in [0, 0.05) is 19.4 Å². The van der Waals surface area contributed by atoms with Gasteiger partial charge in [0.25, 0.3) is 11.5 Å². The third kappa shape index (κ3) is 3.07. The number of aromatic nitrogens is 2. The van der Waals surface area contributed by atoms with Crippen molar-refractivity contribution in [2.24, 2.45) is 5.10 Å². The molecule has 3 heterocycles. The van der Waals surface area contributed by atoms with Gasteiger partial charge in [0.1, 0.15) is 5.71 Å². The second-order valence-electron chi connectivity index (χ2n) is 6.42. The number of fused-ring (bicyclic) bond motifs is 1. The minimum Gasteiger partial charge on any atom is -0.480 e. The van der Waals surface area contributed by atoms with E-state index in [9.17, 15) is 19.5 Å². The fourth-order valence-electron chi connectivity index (χ4n) is 3.36. The summed E-state index contributed by atoms with van der Waals surface area (Å²) >= 11 is 0. The van der Waals surface area contributed by atoms with Crippen molar-refractivity contribution in [1.82, 2.24) is 14.9 Å². The van der Waals surface area contributed by atoms with Gasteiger partial charge in [0.05, 0.1) is 29.8 Å². The molecular weight excluding hydrogens is 350 g/mol. The molecule has 9 heteroatoms. The SMILES string of the molecule is O=C(O)C1CC(C(=O)N2CCc3nc[nH]c(=O)c3C2)=NN1c1ccccc1. The Morgan fingerprint density at radius 2 is 2.00 bits per heavy atom. The summed E-state index contributed by atoms with van der Waals surface area (Å²) in [4.78, 5) is 44.7. The van der Waals surface area contributed by atoms with Crippen LogP contribution in [0.1, 0.15) is 17.7 Å². The number of carboxylic acid groups (broad SMARTS) is 1. The quantitative estimate of drug-likeness (QED) is 0.809. The van der Waals surface area contributed by atoms with Crippen LogP contribution in [0.25, 0.3) is 0 Å². The fraction of sp³-hybridized carbons (Fsp3) is 0.278. The number of H-pyrrole nitrogens is 1. The van der Waals surface area contributed by atoms with Crippen molar-refractivity contribution in [3.05, 3.63) is 58.3 Å². The number of benzene rings is 1. The molecule has 4 rings (SSSR count). The van der Waals surface area contributed by atoms with Crippen molar-refractivity contribution in [3.8, 4) is 0 Å². The molecule has 0 aliphatic carbocycles. The van der Waals surface area contributed by atoms with Crippen LogP contribution in [-0.2, 0) is 22.6 Å². The number of aromatic amines is 1. The normalized spacial score (nSPS) is 18.8. The van der Waals surface area contributed by atoms with Crippen LogP contribution in [0.2, 0.25) is 0 Å². The Hall–Kier alpha value is -3.49. The van der Waals surface area contributed by atoms with Crippen LogP contribution < -0.4 is 10.6 Å². The van der Waals surface area contributed by atoms with Crippen LogP contribution in [0.15, 0.2) is 46.6 Å². The van der Waals surface area contributed by atoms with Crippen LogP contribution >= 0.6 is 0 Å². The van der Waals surface area contributed by atoms with Crippen LogP contribution in [0.5, 0.6) is 0 Å². The number of hydrogen-bond acceptors (Lipinski definition) is 6. The first-order valence-corrected chi connectivity index (χ1v) is 8.54. The van der Waals surface area contributed by atoms with Crippen LogP contribution in [0.4, 0.5) is 5.69 Å². The van der Waals surface area contributed by atoms with E-state index in [1.54, 1.807) is 24.3 Å². The Morgan fingerprint density at radius 3 is 2.74 bits per heavy atom. The van der Waals surface area contributed by atoms with Gasteiger partial charge < -0.3 is 15.0 Å². The lowest BCUT2D eigenvalue weighted by Crippen LogP contribution is -2.42. The molecule has 0 fully saturated rings. The standard InChI is InChI=1S/C18H17N5O4/c24-16-12-9-22(7-6-13(12)19-10-20-16)17(25)14-8-15(18(26)27)23(21-14)11-4-2-1-3-5-11/h1-5,10,15H,6-9H2,(H,26,27)(H,19,20,24). The summed E-state index contributed by atoms with van der Waals surface area (Å²) in [6.45, 7) is 0.545. The van der Waals surface area contributed by atoms with E-state index in [1.807, 2.05) is 6.07 Å². The van der Waals surface area contributed by atoms with E-state index in [1.165, 1.54) is 16.2 Å². The van der Waals surface area contributed by atoms with E-state index in [0.717, 1.165) is 0 Å². The summed E-state index contributed by atoms with van der Waals surface area (Å²) in [6.07, 6.45) is 1.84. The van der Waals surface area contributed by atoms with E-state index in [0.29, 0.717) is 29.9 Å². The molecule has 1 unspecified atom stereocenters. The fourth-order valence-corrected chi connectivity index (χ4v) is 3.36. The van der Waals surface area contributed by atoms with Crippen molar-refractivity contribution < 1.29 is 14.7 Å². The third-order valence-corrected chi connectivity index (χ3v) is 4.76. The first-order valence-electron chi connectivity index (χ1n) is 8.54. The summed E-state index contributed by atoms with van der Waals surface area (Å²) in [5.41, 5.74) is 1.67. The molecule has 0 spiro atoms. The van der Waals surface area contributed by atoms with E-state index in [-0.39, 0.29) is 30.1 Å². The average molecular weight is 367 g/mol. The first kappa shape index (κ1) is 17.0. The molecule has 1 aromatic heterocycles.